The average Bonchev–Trinajstić information content (AvgIpc) is 2.77. The zero-order chi connectivity index (χ0) is 21.8. The highest BCUT2D eigenvalue weighted by Gasteiger charge is 2.21. The lowest BCUT2D eigenvalue weighted by Gasteiger charge is -2.28. The van der Waals surface area contributed by atoms with E-state index < -0.39 is 11.6 Å². The maximum atomic E-state index is 14.5. The van der Waals surface area contributed by atoms with Gasteiger partial charge >= 0.3 is 0 Å². The Bertz CT molecular complexity index is 1120. The van der Waals surface area contributed by atoms with Crippen LogP contribution in [0.2, 0.25) is 0 Å². The normalized spacial score (nSPS) is 18.6. The van der Waals surface area contributed by atoms with Gasteiger partial charge in [-0.25, -0.2) is 13.2 Å². The van der Waals surface area contributed by atoms with Gasteiger partial charge in [0.15, 0.2) is 6.29 Å². The molecule has 0 saturated carbocycles. The predicted molar refractivity (Wildman–Crippen MR) is 114 cm³/mol. The van der Waals surface area contributed by atoms with Gasteiger partial charge in [-0.1, -0.05) is 30.9 Å². The van der Waals surface area contributed by atoms with Crippen LogP contribution in [0.3, 0.4) is 0 Å². The first-order valence-corrected chi connectivity index (χ1v) is 10.4. The Balaban J connectivity index is 1.45. The summed E-state index contributed by atoms with van der Waals surface area (Å²) in [5.41, 5.74) is 0.871. The van der Waals surface area contributed by atoms with Crippen molar-refractivity contribution in [1.29, 1.82) is 0 Å². The Kier molecular flexibility index (Phi) is 6.60. The van der Waals surface area contributed by atoms with Crippen molar-refractivity contribution < 1.29 is 22.6 Å². The van der Waals surface area contributed by atoms with Crippen LogP contribution in [0, 0.1) is 35.2 Å². The minimum atomic E-state index is -0.693. The van der Waals surface area contributed by atoms with Crippen LogP contribution in [0.5, 0.6) is 0 Å². The second kappa shape index (κ2) is 9.55. The summed E-state index contributed by atoms with van der Waals surface area (Å²) in [4.78, 5) is 0. The second-order valence-electron chi connectivity index (χ2n) is 7.80. The van der Waals surface area contributed by atoms with Crippen LogP contribution in [0.25, 0.3) is 10.8 Å². The summed E-state index contributed by atoms with van der Waals surface area (Å²) in [5, 5.41) is 1.55. The lowest BCUT2D eigenvalue weighted by molar-refractivity contribution is -0.202. The molecule has 31 heavy (non-hydrogen) atoms. The Morgan fingerprint density at radius 3 is 2.26 bits per heavy atom. The van der Waals surface area contributed by atoms with Crippen molar-refractivity contribution in [1.82, 2.24) is 0 Å². The van der Waals surface area contributed by atoms with E-state index in [4.69, 9.17) is 9.47 Å². The van der Waals surface area contributed by atoms with Gasteiger partial charge in [-0.05, 0) is 65.6 Å². The summed E-state index contributed by atoms with van der Waals surface area (Å²) in [6.45, 7) is 3.40. The molecule has 0 radical (unpaired) electrons. The van der Waals surface area contributed by atoms with E-state index in [1.165, 1.54) is 24.3 Å². The number of hydrogen-bond acceptors (Lipinski definition) is 2. The quantitative estimate of drug-likeness (QED) is 0.479. The number of fused-ring (bicyclic) bond motifs is 1. The summed E-state index contributed by atoms with van der Waals surface area (Å²) in [6, 6.07) is 12.3. The molecule has 0 amide bonds. The van der Waals surface area contributed by atoms with Gasteiger partial charge in [-0.2, -0.15) is 0 Å². The zero-order valence-corrected chi connectivity index (χ0v) is 17.3. The van der Waals surface area contributed by atoms with Crippen LogP contribution < -0.4 is 0 Å². The summed E-state index contributed by atoms with van der Waals surface area (Å²) >= 11 is 0. The molecule has 1 fully saturated rings. The number of aryl methyl sites for hydroxylation is 1. The molecular weight excluding hydrogens is 401 g/mol. The van der Waals surface area contributed by atoms with E-state index in [1.54, 1.807) is 24.3 Å². The van der Waals surface area contributed by atoms with E-state index in [9.17, 15) is 13.2 Å². The standard InChI is InChI=1S/C26H23F3O2/c1-2-17-15-30-26(31-16-17)10-5-19-12-24(28)23(25(29)13-19)9-4-18-3-6-21-14-22(27)8-7-20(21)11-18/h3,6-8,11-14,17,26H,2,5,10,15-16H2,1H3. The smallest absolute Gasteiger partial charge is 0.157 e. The monoisotopic (exact) mass is 424 g/mol. The highest BCUT2D eigenvalue weighted by molar-refractivity contribution is 5.84. The molecule has 1 aliphatic rings. The number of hydrogen-bond donors (Lipinski definition) is 0. The Morgan fingerprint density at radius 2 is 1.55 bits per heavy atom. The fraction of sp³-hybridized carbons (Fsp3) is 0.308. The third-order valence-electron chi connectivity index (χ3n) is 5.52. The van der Waals surface area contributed by atoms with Crippen LogP contribution in [0.1, 0.15) is 36.5 Å². The maximum Gasteiger partial charge on any atom is 0.157 e. The summed E-state index contributed by atoms with van der Waals surface area (Å²) in [6.07, 6.45) is 1.65. The largest absolute Gasteiger partial charge is 0.352 e. The van der Waals surface area contributed by atoms with Crippen LogP contribution in [-0.4, -0.2) is 19.5 Å². The molecule has 0 aromatic heterocycles. The van der Waals surface area contributed by atoms with Crippen molar-refractivity contribution in [3.05, 3.63) is 82.7 Å². The number of ether oxygens (including phenoxy) is 2. The minimum absolute atomic E-state index is 0.265. The van der Waals surface area contributed by atoms with Gasteiger partial charge in [0.25, 0.3) is 0 Å². The van der Waals surface area contributed by atoms with Crippen LogP contribution in [0.4, 0.5) is 13.2 Å². The van der Waals surface area contributed by atoms with E-state index in [0.29, 0.717) is 43.1 Å². The van der Waals surface area contributed by atoms with Crippen LogP contribution >= 0.6 is 0 Å². The second-order valence-corrected chi connectivity index (χ2v) is 7.80. The summed E-state index contributed by atoms with van der Waals surface area (Å²) in [5.74, 6) is 4.10. The molecular formula is C26H23F3O2. The molecule has 2 nitrogen and oxygen atoms in total. The van der Waals surface area contributed by atoms with Crippen LogP contribution in [0.15, 0.2) is 48.5 Å². The summed E-state index contributed by atoms with van der Waals surface area (Å²) < 4.78 is 53.7. The van der Waals surface area contributed by atoms with Crippen molar-refractivity contribution in [3.8, 4) is 11.8 Å². The fourth-order valence-electron chi connectivity index (χ4n) is 3.59. The molecule has 1 saturated heterocycles. The topological polar surface area (TPSA) is 18.5 Å². The third kappa shape index (κ3) is 5.28. The zero-order valence-electron chi connectivity index (χ0n) is 17.3. The van der Waals surface area contributed by atoms with Crippen molar-refractivity contribution in [3.63, 3.8) is 0 Å². The maximum absolute atomic E-state index is 14.5. The molecule has 5 heteroatoms. The van der Waals surface area contributed by atoms with Gasteiger partial charge in [0.1, 0.15) is 17.5 Å². The van der Waals surface area contributed by atoms with Crippen molar-refractivity contribution in [2.24, 2.45) is 5.92 Å². The van der Waals surface area contributed by atoms with E-state index in [0.717, 1.165) is 17.2 Å². The average molecular weight is 424 g/mol. The van der Waals surface area contributed by atoms with Crippen molar-refractivity contribution in [2.45, 2.75) is 32.5 Å². The molecule has 3 aromatic carbocycles. The highest BCUT2D eigenvalue weighted by Crippen LogP contribution is 2.21. The molecule has 4 rings (SSSR count). The van der Waals surface area contributed by atoms with E-state index >= 15 is 0 Å². The SMILES string of the molecule is CCC1COC(CCc2cc(F)c(C#Cc3ccc4cc(F)ccc4c3)c(F)c2)OC1. The number of benzene rings is 3. The Morgan fingerprint density at radius 1 is 0.871 bits per heavy atom. The molecule has 0 unspecified atom stereocenters. The van der Waals surface area contributed by atoms with Crippen molar-refractivity contribution in [2.75, 3.05) is 13.2 Å². The van der Waals surface area contributed by atoms with Gasteiger partial charge in [0.05, 0.1) is 18.8 Å². The predicted octanol–water partition coefficient (Wildman–Crippen LogP) is 5.99. The molecule has 160 valence electrons. The molecule has 1 heterocycles. The number of halogens is 3. The van der Waals surface area contributed by atoms with Gasteiger partial charge in [-0.15, -0.1) is 0 Å². The van der Waals surface area contributed by atoms with E-state index in [-0.39, 0.29) is 17.7 Å². The fourth-order valence-corrected chi connectivity index (χ4v) is 3.59. The first-order valence-electron chi connectivity index (χ1n) is 10.4. The highest BCUT2D eigenvalue weighted by atomic mass is 19.1. The third-order valence-corrected chi connectivity index (χ3v) is 5.52. The van der Waals surface area contributed by atoms with Crippen LogP contribution in [-0.2, 0) is 15.9 Å². The van der Waals surface area contributed by atoms with E-state index in [1.807, 2.05) is 0 Å². The lowest BCUT2D eigenvalue weighted by Crippen LogP contribution is -2.32. The lowest BCUT2D eigenvalue weighted by atomic mass is 10.0. The summed E-state index contributed by atoms with van der Waals surface area (Å²) in [7, 11) is 0. The van der Waals surface area contributed by atoms with E-state index in [2.05, 4.69) is 18.8 Å². The molecule has 0 spiro atoms. The van der Waals surface area contributed by atoms with Gasteiger partial charge in [0.2, 0.25) is 0 Å². The Hall–Kier alpha value is -2.81. The number of rotatable bonds is 4. The van der Waals surface area contributed by atoms with Gasteiger partial charge in [-0.3, -0.25) is 0 Å². The van der Waals surface area contributed by atoms with Gasteiger partial charge < -0.3 is 9.47 Å². The molecule has 0 aliphatic carbocycles. The molecule has 1 aliphatic heterocycles. The molecule has 0 bridgehead atoms. The molecule has 0 N–H and O–H groups in total. The molecule has 0 atom stereocenters. The minimum Gasteiger partial charge on any atom is -0.352 e. The molecule has 3 aromatic rings. The van der Waals surface area contributed by atoms with Gasteiger partial charge in [0, 0.05) is 17.9 Å². The first kappa shape index (κ1) is 21.4. The van der Waals surface area contributed by atoms with Crippen molar-refractivity contribution >= 4 is 10.8 Å². The Labute approximate surface area is 180 Å². The first-order chi connectivity index (χ1) is 15.0.